The molecule has 3 rings (SSSR count). The summed E-state index contributed by atoms with van der Waals surface area (Å²) in [6, 6.07) is 3.09. The predicted molar refractivity (Wildman–Crippen MR) is 136 cm³/mol. The van der Waals surface area contributed by atoms with E-state index in [9.17, 15) is 9.18 Å². The number of carbonyl (C=O) groups excluding carboxylic acids is 1. The van der Waals surface area contributed by atoms with Gasteiger partial charge >= 0.3 is 0 Å². The maximum absolute atomic E-state index is 16.4. The number of nitrogens with one attached hydrogen (secondary N) is 1. The zero-order valence-corrected chi connectivity index (χ0v) is 19.6. The van der Waals surface area contributed by atoms with E-state index in [0.29, 0.717) is 10.5 Å². The number of piperidine rings is 1. The summed E-state index contributed by atoms with van der Waals surface area (Å²) in [6.07, 6.45) is 1.14. The number of aromatic nitrogens is 2. The summed E-state index contributed by atoms with van der Waals surface area (Å²) in [7, 11) is 48.7. The fraction of sp³-hybridized carbons (Fsp3) is 0.421. The lowest BCUT2D eigenvalue weighted by atomic mass is 9.37. The van der Waals surface area contributed by atoms with Crippen LogP contribution in [0.15, 0.2) is 30.6 Å². The van der Waals surface area contributed by atoms with E-state index in [4.69, 9.17) is 74.4 Å². The molecule has 1 amide bonds. The lowest BCUT2D eigenvalue weighted by Crippen LogP contribution is -2.78. The molecule has 0 aliphatic carbocycles. The quantitative estimate of drug-likeness (QED) is 0.580. The van der Waals surface area contributed by atoms with Crippen LogP contribution in [-0.2, 0) is 5.34 Å². The van der Waals surface area contributed by atoms with Crippen LogP contribution in [0.2, 0.25) is 5.02 Å². The number of benzene rings is 1. The molecule has 160 valence electrons. The van der Waals surface area contributed by atoms with E-state index in [0.717, 1.165) is 18.2 Å². The number of likely N-dealkylation sites (tertiary alicyclic amines) is 1. The van der Waals surface area contributed by atoms with Crippen molar-refractivity contribution in [3.05, 3.63) is 58.4 Å². The molecule has 0 spiro atoms. The third kappa shape index (κ3) is 5.41. The molecule has 0 bridgehead atoms. The van der Waals surface area contributed by atoms with Gasteiger partial charge in [0.05, 0.1) is 67.8 Å². The van der Waals surface area contributed by atoms with Crippen LogP contribution < -0.4 is 5.32 Å². The van der Waals surface area contributed by atoms with Crippen LogP contribution in [0.4, 0.5) is 8.78 Å². The maximum Gasteiger partial charge on any atom is 0.252 e. The molecule has 16 radical (unpaired) electrons. The number of alkyl halides is 1. The van der Waals surface area contributed by atoms with Crippen molar-refractivity contribution in [3.63, 3.8) is 0 Å². The molecule has 0 saturated carbocycles. The van der Waals surface area contributed by atoms with E-state index < -0.39 is 51.6 Å². The molecule has 16 heteroatoms. The van der Waals surface area contributed by atoms with Gasteiger partial charge in [0.2, 0.25) is 0 Å². The van der Waals surface area contributed by atoms with E-state index in [1.54, 1.807) is 6.92 Å². The van der Waals surface area contributed by atoms with Gasteiger partial charge < -0.3 is 10.2 Å². The van der Waals surface area contributed by atoms with Crippen molar-refractivity contribution in [2.24, 2.45) is 0 Å². The third-order valence-corrected chi connectivity index (χ3v) is 5.92. The van der Waals surface area contributed by atoms with Gasteiger partial charge in [0.15, 0.2) is 0 Å². The van der Waals surface area contributed by atoms with Crippen molar-refractivity contribution in [1.29, 1.82) is 0 Å². The summed E-state index contributed by atoms with van der Waals surface area (Å²) in [5.74, 6) is -1.85. The van der Waals surface area contributed by atoms with Crippen molar-refractivity contribution in [3.8, 4) is 0 Å². The van der Waals surface area contributed by atoms with Gasteiger partial charge in [-0.25, -0.2) is 18.7 Å². The average molecular weight is 473 g/mol. The van der Waals surface area contributed by atoms with Crippen molar-refractivity contribution < 1.29 is 13.6 Å². The Labute approximate surface area is 219 Å². The number of aryl methyl sites for hydroxylation is 1. The van der Waals surface area contributed by atoms with Crippen LogP contribution in [-0.4, -0.2) is 105 Å². The standard InChI is InChI=1S/C19H13B8ClF2N4O/c1-9-5-31-14(32-6-9)18(24,25)33-19(26,27)15(30)7-16(20,21)34(17(22,23)8-15)13(35)10-2-3-12(29)11(28)4-10/h2-6,33H,7-8H2,1H3. The highest BCUT2D eigenvalue weighted by Crippen LogP contribution is 2.46. The summed E-state index contributed by atoms with van der Waals surface area (Å²) in [6.45, 7) is 1.73. The Morgan fingerprint density at radius 3 is 2.09 bits per heavy atom. The van der Waals surface area contributed by atoms with E-state index in [2.05, 4.69) is 15.3 Å². The monoisotopic (exact) mass is 474 g/mol. The molecule has 2 heterocycles. The summed E-state index contributed by atoms with van der Waals surface area (Å²) in [5, 5.41) is -7.29. The number of rotatable bonds is 5. The lowest BCUT2D eigenvalue weighted by molar-refractivity contribution is -0.0113. The molecule has 0 unspecified atom stereocenters. The largest absolute Gasteiger partial charge is 0.362 e. The first-order valence-corrected chi connectivity index (χ1v) is 10.6. The molecule has 1 aromatic heterocycles. The first-order valence-electron chi connectivity index (χ1n) is 10.2. The number of nitrogens with zero attached hydrogens (tertiary/aromatic N) is 3. The summed E-state index contributed by atoms with van der Waals surface area (Å²) in [5.41, 5.74) is -2.20. The van der Waals surface area contributed by atoms with Gasteiger partial charge in [-0.05, 0) is 64.9 Å². The maximum atomic E-state index is 16.4. The average Bonchev–Trinajstić information content (AvgIpc) is 2.67. The summed E-state index contributed by atoms with van der Waals surface area (Å²) >= 11 is 5.76. The summed E-state index contributed by atoms with van der Waals surface area (Å²) in [4.78, 5) is 21.8. The van der Waals surface area contributed by atoms with Crippen molar-refractivity contribution in [1.82, 2.24) is 20.2 Å². The van der Waals surface area contributed by atoms with Gasteiger partial charge in [-0.3, -0.25) is 4.79 Å². The zero-order chi connectivity index (χ0) is 26.6. The number of hydrogen-bond acceptors (Lipinski definition) is 4. The van der Waals surface area contributed by atoms with Crippen LogP contribution in [0.5, 0.6) is 0 Å². The highest BCUT2D eigenvalue weighted by atomic mass is 35.5. The molecule has 1 aliphatic heterocycles. The Morgan fingerprint density at radius 1 is 1.09 bits per heavy atom. The van der Waals surface area contributed by atoms with Crippen molar-refractivity contribution >= 4 is 80.3 Å². The van der Waals surface area contributed by atoms with Gasteiger partial charge in [0, 0.05) is 18.0 Å². The fourth-order valence-corrected chi connectivity index (χ4v) is 4.23. The minimum absolute atomic E-state index is 0.146. The van der Waals surface area contributed by atoms with Crippen LogP contribution in [0.1, 0.15) is 34.6 Å². The lowest BCUT2D eigenvalue weighted by Gasteiger charge is -2.63. The van der Waals surface area contributed by atoms with E-state index in [1.807, 2.05) is 0 Å². The van der Waals surface area contributed by atoms with E-state index >= 15 is 4.39 Å². The second kappa shape index (κ2) is 9.05. The van der Waals surface area contributed by atoms with Crippen molar-refractivity contribution in [2.75, 3.05) is 0 Å². The predicted octanol–water partition coefficient (Wildman–Crippen LogP) is -0.769. The second-order valence-electron chi connectivity index (χ2n) is 9.02. The first kappa shape index (κ1) is 28.0. The van der Waals surface area contributed by atoms with Crippen LogP contribution in [0.25, 0.3) is 0 Å². The molecule has 1 fully saturated rings. The van der Waals surface area contributed by atoms with E-state index in [-0.39, 0.29) is 16.4 Å². The van der Waals surface area contributed by atoms with Crippen LogP contribution in [0.3, 0.4) is 0 Å². The van der Waals surface area contributed by atoms with Gasteiger partial charge in [0.1, 0.15) is 17.3 Å². The SMILES string of the molecule is [B]C([B])(NC([B])([B])C1(F)CC([B])([B])N(C(=O)c2ccc(F)c(Cl)c2)C([B])([B])C1)c1ncc(C)cn1. The smallest absolute Gasteiger partial charge is 0.252 e. The molecule has 1 aliphatic rings. The molecular formula is C19H13B8ClF2N4O. The highest BCUT2D eigenvalue weighted by Gasteiger charge is 2.58. The number of carbonyl (C=O) groups is 1. The molecule has 2 aromatic rings. The summed E-state index contributed by atoms with van der Waals surface area (Å²) < 4.78 is 30.0. The Kier molecular flexibility index (Phi) is 7.24. The zero-order valence-electron chi connectivity index (χ0n) is 18.8. The third-order valence-electron chi connectivity index (χ3n) is 5.64. The van der Waals surface area contributed by atoms with Gasteiger partial charge in [-0.1, -0.05) is 11.6 Å². The number of hydrogen-bond donors (Lipinski definition) is 1. The first-order chi connectivity index (χ1) is 15.8. The Hall–Kier alpha value is -1.60. The molecule has 1 aromatic carbocycles. The van der Waals surface area contributed by atoms with Gasteiger partial charge in [-0.15, -0.1) is 0 Å². The molecule has 1 N–H and O–H groups in total. The highest BCUT2D eigenvalue weighted by molar-refractivity contribution is 6.48. The second-order valence-corrected chi connectivity index (χ2v) is 9.43. The molecule has 5 nitrogen and oxygen atoms in total. The minimum atomic E-state index is -2.77. The molecule has 1 saturated heterocycles. The normalized spacial score (nSPS) is 19.3. The van der Waals surface area contributed by atoms with Gasteiger partial charge in [0.25, 0.3) is 5.91 Å². The Bertz CT molecular complexity index is 1120. The topological polar surface area (TPSA) is 58.1 Å². The molecule has 0 atom stereocenters. The fourth-order valence-electron chi connectivity index (χ4n) is 4.05. The van der Waals surface area contributed by atoms with Crippen LogP contribution >= 0.6 is 11.6 Å². The molecule has 35 heavy (non-hydrogen) atoms. The van der Waals surface area contributed by atoms with Crippen LogP contribution in [0, 0.1) is 12.7 Å². The number of amides is 1. The minimum Gasteiger partial charge on any atom is -0.362 e. The van der Waals surface area contributed by atoms with Crippen molar-refractivity contribution in [2.45, 2.75) is 46.8 Å². The molecular weight excluding hydrogens is 460 g/mol. The number of halogens is 3. The van der Waals surface area contributed by atoms with E-state index in [1.165, 1.54) is 12.4 Å². The van der Waals surface area contributed by atoms with Gasteiger partial charge in [-0.2, -0.15) is 0 Å². The Morgan fingerprint density at radius 2 is 1.60 bits per heavy atom. The Balaban J connectivity index is 1.94.